The molecule has 16 atom stereocenters. The normalized spacial score (nSPS) is 28.0. The maximum Gasteiger partial charge on any atom is 0.248 e. The first-order valence-corrected chi connectivity index (χ1v) is 28.7. The average molecular weight is 1140 g/mol. The highest BCUT2D eigenvalue weighted by molar-refractivity contribution is 5.98. The van der Waals surface area contributed by atoms with Gasteiger partial charge in [-0.05, 0) is 94.5 Å². The van der Waals surface area contributed by atoms with Crippen LogP contribution in [0.1, 0.15) is 149 Å². The van der Waals surface area contributed by atoms with Gasteiger partial charge in [-0.3, -0.25) is 38.9 Å². The number of benzene rings is 1. The summed E-state index contributed by atoms with van der Waals surface area (Å²) in [7, 11) is 0. The molecule has 25 nitrogen and oxygen atoms in total. The van der Waals surface area contributed by atoms with Gasteiger partial charge in [-0.2, -0.15) is 0 Å². The number of nitrogens with two attached hydrogens (primary N) is 1. The molecule has 0 aromatic heterocycles. The van der Waals surface area contributed by atoms with Gasteiger partial charge in [0, 0.05) is 39.0 Å². The summed E-state index contributed by atoms with van der Waals surface area (Å²) in [5.41, 5.74) is 5.72. The third-order valence-corrected chi connectivity index (χ3v) is 15.6. The molecule has 17 N–H and O–H groups in total. The zero-order valence-corrected chi connectivity index (χ0v) is 47.0. The van der Waals surface area contributed by atoms with Crippen LogP contribution in [0.2, 0.25) is 0 Å². The van der Waals surface area contributed by atoms with Crippen LogP contribution in [0.5, 0.6) is 5.75 Å². The molecule has 80 heavy (non-hydrogen) atoms. The van der Waals surface area contributed by atoms with Gasteiger partial charge in [0.05, 0.1) is 30.5 Å². The predicted octanol–water partition coefficient (Wildman–Crippen LogP) is -2.11. The molecule has 1 aromatic rings. The summed E-state index contributed by atoms with van der Waals surface area (Å²) >= 11 is 0. The van der Waals surface area contributed by atoms with Gasteiger partial charge in [0.25, 0.3) is 0 Å². The number of phenols is 1. The van der Waals surface area contributed by atoms with E-state index in [0.717, 1.165) is 55.2 Å². The van der Waals surface area contributed by atoms with E-state index in [1.54, 1.807) is 0 Å². The number of aliphatic hydroxyl groups excluding tert-OH is 8. The van der Waals surface area contributed by atoms with Crippen LogP contribution in [-0.4, -0.2) is 209 Å². The topological polar surface area (TPSA) is 406 Å². The number of aliphatic hydroxyl groups is 8. The first-order valence-electron chi connectivity index (χ1n) is 28.7. The predicted molar refractivity (Wildman–Crippen MR) is 292 cm³/mol. The first kappa shape index (κ1) is 67.4. The van der Waals surface area contributed by atoms with Crippen molar-refractivity contribution in [3.63, 3.8) is 0 Å². The van der Waals surface area contributed by atoms with Gasteiger partial charge in [-0.25, -0.2) is 0 Å². The Labute approximate surface area is 469 Å². The Kier molecular flexibility index (Phi) is 28.4. The molecule has 1 aromatic carbocycles. The number of nitrogens with zero attached hydrogens (tertiary/aromatic N) is 2. The molecule has 4 rings (SSSR count). The maximum atomic E-state index is 14.7. The van der Waals surface area contributed by atoms with Crippen molar-refractivity contribution in [2.24, 2.45) is 17.6 Å². The third kappa shape index (κ3) is 20.1. The van der Waals surface area contributed by atoms with Crippen LogP contribution in [0.4, 0.5) is 0 Å². The SMILES string of the molecule is CCC(C)CC(C)CCCCCCCCC(=O)N[C@H]1C[C@@H](O)C(NCCCCCO)NC(=O)C2[C@@H](O)CCN2C(=O)C([C@H](O)CCN)NC(=O)C([C@H](O)[C@@H](O)c2ccc(O)cc2)NC(=O)C2C[C@@H](O)CN2C(=O)C([C@@H](C)O)NC1=O. The highest BCUT2D eigenvalue weighted by Gasteiger charge is 2.49. The van der Waals surface area contributed by atoms with E-state index in [1.807, 2.05) is 0 Å². The van der Waals surface area contributed by atoms with Crippen molar-refractivity contribution in [1.29, 1.82) is 0 Å². The summed E-state index contributed by atoms with van der Waals surface area (Å²) in [6, 6.07) is -6.42. The van der Waals surface area contributed by atoms with Crippen molar-refractivity contribution in [3.05, 3.63) is 29.8 Å². The lowest BCUT2D eigenvalue weighted by Crippen LogP contribution is -2.65. The molecule has 8 unspecified atom stereocenters. The van der Waals surface area contributed by atoms with Crippen molar-refractivity contribution in [3.8, 4) is 5.75 Å². The fourth-order valence-corrected chi connectivity index (χ4v) is 10.7. The molecule has 3 fully saturated rings. The fraction of sp³-hybridized carbons (Fsp3) is 0.764. The van der Waals surface area contributed by atoms with Gasteiger partial charge < -0.3 is 88.1 Å². The van der Waals surface area contributed by atoms with Crippen LogP contribution < -0.4 is 37.6 Å². The zero-order valence-electron chi connectivity index (χ0n) is 47.0. The number of aromatic hydroxyl groups is 1. The zero-order chi connectivity index (χ0) is 59.2. The second-order valence-corrected chi connectivity index (χ2v) is 22.3. The van der Waals surface area contributed by atoms with Crippen LogP contribution in [0.3, 0.4) is 0 Å². The summed E-state index contributed by atoms with van der Waals surface area (Å²) in [5, 5.41) is 115. The van der Waals surface area contributed by atoms with Gasteiger partial charge in [0.2, 0.25) is 41.4 Å². The Morgan fingerprint density at radius 1 is 0.713 bits per heavy atom. The number of amides is 7. The monoisotopic (exact) mass is 1140 g/mol. The molecule has 454 valence electrons. The minimum absolute atomic E-state index is 0.0280. The second kappa shape index (κ2) is 33.7. The van der Waals surface area contributed by atoms with Crippen LogP contribution in [0.25, 0.3) is 0 Å². The van der Waals surface area contributed by atoms with Gasteiger partial charge in [-0.15, -0.1) is 0 Å². The van der Waals surface area contributed by atoms with Crippen molar-refractivity contribution in [2.45, 2.75) is 222 Å². The second-order valence-electron chi connectivity index (χ2n) is 22.3. The summed E-state index contributed by atoms with van der Waals surface area (Å²) < 4.78 is 0. The fourth-order valence-electron chi connectivity index (χ4n) is 10.7. The Morgan fingerprint density at radius 2 is 1.34 bits per heavy atom. The van der Waals surface area contributed by atoms with E-state index < -0.39 is 146 Å². The molecule has 25 heteroatoms. The average Bonchev–Trinajstić information content (AvgIpc) is 4.12. The Balaban J connectivity index is 1.75. The third-order valence-electron chi connectivity index (χ3n) is 15.6. The van der Waals surface area contributed by atoms with E-state index in [9.17, 15) is 79.5 Å². The first-order chi connectivity index (χ1) is 38.0. The van der Waals surface area contributed by atoms with Crippen molar-refractivity contribution < 1.29 is 79.5 Å². The van der Waals surface area contributed by atoms with E-state index in [0.29, 0.717) is 43.9 Å². The van der Waals surface area contributed by atoms with Gasteiger partial charge in [-0.1, -0.05) is 77.8 Å². The van der Waals surface area contributed by atoms with Crippen LogP contribution in [0.15, 0.2) is 24.3 Å². The molecule has 3 aliphatic heterocycles. The maximum absolute atomic E-state index is 14.7. The van der Waals surface area contributed by atoms with Crippen LogP contribution >= 0.6 is 0 Å². The van der Waals surface area contributed by atoms with Gasteiger partial charge in [0.1, 0.15) is 60.4 Å². The van der Waals surface area contributed by atoms with E-state index in [1.165, 1.54) is 30.7 Å². The molecule has 3 saturated heterocycles. The van der Waals surface area contributed by atoms with Gasteiger partial charge in [0.15, 0.2) is 0 Å². The lowest BCUT2D eigenvalue weighted by Gasteiger charge is -2.35. The molecular formula is C55H93N9O16. The molecule has 0 spiro atoms. The summed E-state index contributed by atoms with van der Waals surface area (Å²) in [6.07, 6.45) is -5.62. The lowest BCUT2D eigenvalue weighted by molar-refractivity contribution is -0.148. The number of rotatable bonds is 26. The number of nitrogens with one attached hydrogen (secondary N) is 6. The van der Waals surface area contributed by atoms with Crippen LogP contribution in [0, 0.1) is 11.8 Å². The highest BCUT2D eigenvalue weighted by Crippen LogP contribution is 2.27. The number of unbranched alkanes of at least 4 members (excludes halogenated alkanes) is 7. The van der Waals surface area contributed by atoms with E-state index in [2.05, 4.69) is 52.7 Å². The van der Waals surface area contributed by atoms with Crippen molar-refractivity contribution >= 4 is 41.4 Å². The number of hydrogen-bond donors (Lipinski definition) is 16. The molecule has 0 radical (unpaired) electrons. The minimum Gasteiger partial charge on any atom is -0.508 e. The molecule has 3 heterocycles. The smallest absolute Gasteiger partial charge is 0.248 e. The van der Waals surface area contributed by atoms with Crippen molar-refractivity contribution in [2.75, 3.05) is 32.8 Å². The molecule has 3 aliphatic rings. The summed E-state index contributed by atoms with van der Waals surface area (Å²) in [6.45, 7) is 6.81. The Morgan fingerprint density at radius 3 is 1.99 bits per heavy atom. The van der Waals surface area contributed by atoms with Crippen LogP contribution in [-0.2, 0) is 33.6 Å². The molecule has 0 saturated carbocycles. The standard InChI is InChI=1S/C55H93N9O16/c1-5-31(2)27-32(3)15-11-8-6-7-9-12-16-42(72)58-37-29-41(71)49(57-24-13-10-14-26-65)62-53(78)46-40(70)22-25-63(46)55(80)44(39(69)21-23-56)60-52(77)45(48(74)47(73)34-17-19-35(67)20-18-34)61-51(76)38-28-36(68)30-64(38)54(79)43(33(4)66)59-50(37)75/h17-20,31-33,36-41,43-49,57,65-71,73-74H,5-16,21-30,56H2,1-4H3,(H,58,72)(H,59,75)(H,60,77)(H,61,76)(H,62,78)/t31?,32?,33-,36-,37+,38?,39-,40+,41-,43?,44?,45?,46?,47+,48+,49?/m1/s1. The van der Waals surface area contributed by atoms with E-state index in [4.69, 9.17) is 5.73 Å². The number of phenolic OH excluding ortho intramolecular Hbond substituents is 1. The summed E-state index contributed by atoms with van der Waals surface area (Å²) in [4.78, 5) is 103. The molecule has 7 amide bonds. The lowest BCUT2D eigenvalue weighted by atomic mass is 9.91. The number of carbonyl (C=O) groups excluding carboxylic acids is 7. The molecule has 0 aliphatic carbocycles. The number of hydrogen-bond acceptors (Lipinski definition) is 18. The Bertz CT molecular complexity index is 2130. The number of fused-ring (bicyclic) bond motifs is 2. The molecular weight excluding hydrogens is 1040 g/mol. The van der Waals surface area contributed by atoms with E-state index in [-0.39, 0.29) is 56.8 Å². The number of carbonyl (C=O) groups is 7. The highest BCUT2D eigenvalue weighted by atomic mass is 16.3. The summed E-state index contributed by atoms with van der Waals surface area (Å²) in [5.74, 6) is -6.42. The van der Waals surface area contributed by atoms with Crippen molar-refractivity contribution in [1.82, 2.24) is 41.7 Å². The van der Waals surface area contributed by atoms with E-state index >= 15 is 0 Å². The molecule has 0 bridgehead atoms. The minimum atomic E-state index is -2.28. The van der Waals surface area contributed by atoms with Gasteiger partial charge >= 0.3 is 0 Å². The quantitative estimate of drug-likeness (QED) is 0.0442. The largest absolute Gasteiger partial charge is 0.508 e. The Hall–Kier alpha value is -5.09.